The van der Waals surface area contributed by atoms with Crippen molar-refractivity contribution in [1.82, 2.24) is 5.32 Å². The average molecular weight is 347 g/mol. The fourth-order valence-electron chi connectivity index (χ4n) is 2.47. The van der Waals surface area contributed by atoms with Crippen molar-refractivity contribution in [2.75, 3.05) is 0 Å². The molecule has 1 heterocycles. The molecule has 0 spiro atoms. The van der Waals surface area contributed by atoms with Gasteiger partial charge in [-0.05, 0) is 19.4 Å². The number of nitro groups is 1. The molecule has 0 unspecified atom stereocenters. The lowest BCUT2D eigenvalue weighted by molar-refractivity contribution is -0.402. The molecule has 1 aliphatic rings. The largest absolute Gasteiger partial charge is 0.478 e. The molecule has 0 bridgehead atoms. The van der Waals surface area contributed by atoms with E-state index in [1.165, 1.54) is 32.1 Å². The van der Waals surface area contributed by atoms with Crippen LogP contribution >= 0.6 is 0 Å². The Balaban J connectivity index is 3.42. The number of allylic oxidation sites excluding steroid dienone is 7. The first kappa shape index (κ1) is 19.6. The Morgan fingerprint density at radius 3 is 2.04 bits per heavy atom. The highest BCUT2D eigenvalue weighted by Gasteiger charge is 2.36. The minimum Gasteiger partial charge on any atom is -0.478 e. The van der Waals surface area contributed by atoms with Gasteiger partial charge in [-0.1, -0.05) is 18.2 Å². The lowest BCUT2D eigenvalue weighted by atomic mass is 9.80. The maximum Gasteiger partial charge on any atom is 0.334 e. The number of rotatable bonds is 7. The second-order valence-corrected chi connectivity index (χ2v) is 5.07. The van der Waals surface area contributed by atoms with Gasteiger partial charge >= 0.3 is 11.9 Å². The molecule has 0 saturated carbocycles. The van der Waals surface area contributed by atoms with Crippen molar-refractivity contribution in [1.29, 1.82) is 5.41 Å². The highest BCUT2D eigenvalue weighted by atomic mass is 16.6. The lowest BCUT2D eigenvalue weighted by Gasteiger charge is -2.28. The highest BCUT2D eigenvalue weighted by molar-refractivity contribution is 6.00. The van der Waals surface area contributed by atoms with Crippen LogP contribution in [0.4, 0.5) is 0 Å². The summed E-state index contributed by atoms with van der Waals surface area (Å²) in [7, 11) is 0. The second-order valence-electron chi connectivity index (χ2n) is 5.07. The van der Waals surface area contributed by atoms with Crippen molar-refractivity contribution in [3.05, 3.63) is 68.7 Å². The Kier molecular flexibility index (Phi) is 6.56. The first-order chi connectivity index (χ1) is 11.7. The lowest BCUT2D eigenvalue weighted by Crippen LogP contribution is -2.33. The molecule has 4 N–H and O–H groups in total. The number of dihydropyridines is 1. The summed E-state index contributed by atoms with van der Waals surface area (Å²) in [6.07, 6.45) is 6.76. The van der Waals surface area contributed by atoms with Crippen LogP contribution in [0.3, 0.4) is 0 Å². The molecular weight excluding hydrogens is 330 g/mol. The third kappa shape index (κ3) is 4.74. The maximum atomic E-state index is 11.6. The maximum absolute atomic E-state index is 11.6. The van der Waals surface area contributed by atoms with E-state index in [0.717, 1.165) is 12.3 Å². The summed E-state index contributed by atoms with van der Waals surface area (Å²) in [5, 5.41) is 39.4. The molecule has 0 aromatic carbocycles. The molecule has 132 valence electrons. The summed E-state index contributed by atoms with van der Waals surface area (Å²) in [6, 6.07) is 0. The molecule has 9 nitrogen and oxygen atoms in total. The van der Waals surface area contributed by atoms with E-state index in [-0.39, 0.29) is 28.1 Å². The van der Waals surface area contributed by atoms with E-state index < -0.39 is 22.8 Å². The van der Waals surface area contributed by atoms with Crippen LogP contribution in [0, 0.1) is 21.4 Å². The number of hydrogen-bond acceptors (Lipinski definition) is 6. The van der Waals surface area contributed by atoms with Crippen LogP contribution in [-0.2, 0) is 9.59 Å². The number of nitrogens with one attached hydrogen (secondary N) is 2. The van der Waals surface area contributed by atoms with Gasteiger partial charge in [0, 0.05) is 23.7 Å². The van der Waals surface area contributed by atoms with Crippen LogP contribution in [0.25, 0.3) is 0 Å². The fraction of sp³-hybridized carbons (Fsp3) is 0.188. The molecule has 0 saturated heterocycles. The zero-order valence-electron chi connectivity index (χ0n) is 13.5. The van der Waals surface area contributed by atoms with Crippen LogP contribution in [-0.4, -0.2) is 33.3 Å². The van der Waals surface area contributed by atoms with Crippen LogP contribution in [0.5, 0.6) is 0 Å². The minimum atomic E-state index is -1.30. The van der Waals surface area contributed by atoms with Crippen molar-refractivity contribution >= 4 is 18.2 Å². The number of nitrogens with zero attached hydrogens (tertiary/aromatic N) is 1. The molecule has 0 amide bonds. The normalized spacial score (nSPS) is 16.5. The van der Waals surface area contributed by atoms with Gasteiger partial charge in [-0.3, -0.25) is 10.1 Å². The minimum absolute atomic E-state index is 0.126. The van der Waals surface area contributed by atoms with Crippen LogP contribution < -0.4 is 5.32 Å². The van der Waals surface area contributed by atoms with Crippen LogP contribution in [0.15, 0.2) is 58.6 Å². The van der Waals surface area contributed by atoms with Gasteiger partial charge in [0.05, 0.1) is 22.0 Å². The van der Waals surface area contributed by atoms with Gasteiger partial charge in [0.1, 0.15) is 0 Å². The first-order valence-electron chi connectivity index (χ1n) is 7.04. The molecular formula is C16H17N3O6. The molecule has 0 aromatic rings. The summed E-state index contributed by atoms with van der Waals surface area (Å²) in [4.78, 5) is 32.7. The average Bonchev–Trinajstić information content (AvgIpc) is 2.48. The topological polar surface area (TPSA) is 154 Å². The molecule has 0 radical (unpaired) electrons. The third-order valence-electron chi connectivity index (χ3n) is 3.44. The van der Waals surface area contributed by atoms with E-state index in [9.17, 15) is 29.9 Å². The molecule has 0 atom stereocenters. The molecule has 9 heteroatoms. The third-order valence-corrected chi connectivity index (χ3v) is 3.44. The van der Waals surface area contributed by atoms with Gasteiger partial charge in [-0.25, -0.2) is 9.59 Å². The Hall–Kier alpha value is -3.49. The smallest absolute Gasteiger partial charge is 0.334 e. The zero-order valence-corrected chi connectivity index (χ0v) is 13.5. The van der Waals surface area contributed by atoms with Gasteiger partial charge in [0.2, 0.25) is 6.20 Å². The summed E-state index contributed by atoms with van der Waals surface area (Å²) in [5.41, 5.74) is 0.342. The molecule has 1 rings (SSSR count). The molecule has 1 aliphatic heterocycles. The fourth-order valence-corrected chi connectivity index (χ4v) is 2.47. The monoisotopic (exact) mass is 347 g/mol. The van der Waals surface area contributed by atoms with Crippen LogP contribution in [0.2, 0.25) is 0 Å². The first-order valence-corrected chi connectivity index (χ1v) is 7.04. The Morgan fingerprint density at radius 2 is 1.64 bits per heavy atom. The Morgan fingerprint density at radius 1 is 1.12 bits per heavy atom. The Labute approximate surface area is 143 Å². The van der Waals surface area contributed by atoms with Gasteiger partial charge < -0.3 is 20.9 Å². The standard InChI is InChI=1S/C16H17N3O6/c1-9-12(15(20)21)14(13(16(22)23)10(2)18-9)11(8-17)6-4-3-5-7-19(24)25/h3-8,14,17-18H,1-2H3,(H,20,21)(H,22,23)/b4-3-,7-5+,11-6+,17-8?. The summed E-state index contributed by atoms with van der Waals surface area (Å²) < 4.78 is 0. The highest BCUT2D eigenvalue weighted by Crippen LogP contribution is 2.34. The van der Waals surface area contributed by atoms with E-state index in [0.29, 0.717) is 6.20 Å². The van der Waals surface area contributed by atoms with Crippen molar-refractivity contribution in [2.24, 2.45) is 5.92 Å². The summed E-state index contributed by atoms with van der Waals surface area (Å²) in [5.74, 6) is -3.74. The number of aliphatic carboxylic acids is 2. The second kappa shape index (κ2) is 8.39. The number of carboxylic acids is 2. The summed E-state index contributed by atoms with van der Waals surface area (Å²) >= 11 is 0. The van der Waals surface area contributed by atoms with Crippen molar-refractivity contribution in [3.63, 3.8) is 0 Å². The Bertz CT molecular complexity index is 735. The predicted octanol–water partition coefficient (Wildman–Crippen LogP) is 1.85. The van der Waals surface area contributed by atoms with Gasteiger partial charge in [0.25, 0.3) is 0 Å². The molecule has 0 fully saturated rings. The van der Waals surface area contributed by atoms with Gasteiger partial charge in [-0.15, -0.1) is 0 Å². The van der Waals surface area contributed by atoms with Gasteiger partial charge in [-0.2, -0.15) is 0 Å². The van der Waals surface area contributed by atoms with Crippen molar-refractivity contribution in [2.45, 2.75) is 13.8 Å². The number of hydrogen-bond donors (Lipinski definition) is 4. The number of carboxylic acid groups (broad SMARTS) is 2. The van der Waals surface area contributed by atoms with Gasteiger partial charge in [0.15, 0.2) is 0 Å². The quantitative estimate of drug-likeness (QED) is 0.237. The van der Waals surface area contributed by atoms with Crippen LogP contribution in [0.1, 0.15) is 13.8 Å². The van der Waals surface area contributed by atoms with Crippen molar-refractivity contribution in [3.8, 4) is 0 Å². The molecule has 0 aliphatic carbocycles. The van der Waals surface area contributed by atoms with Crippen molar-refractivity contribution < 1.29 is 24.7 Å². The van der Waals surface area contributed by atoms with E-state index >= 15 is 0 Å². The predicted molar refractivity (Wildman–Crippen MR) is 89.4 cm³/mol. The SMILES string of the molecule is CC1=C(C(=O)O)C(/C(C=N)=C/C=C\C=C\[N+](=O)[O-])C(C(=O)O)=C(C)N1. The van der Waals surface area contributed by atoms with E-state index in [1.807, 2.05) is 0 Å². The van der Waals surface area contributed by atoms with E-state index in [2.05, 4.69) is 5.32 Å². The van der Waals surface area contributed by atoms with E-state index in [1.54, 1.807) is 0 Å². The molecule has 25 heavy (non-hydrogen) atoms. The molecule has 0 aromatic heterocycles. The summed E-state index contributed by atoms with van der Waals surface area (Å²) in [6.45, 7) is 3.02. The number of carbonyl (C=O) groups is 2. The van der Waals surface area contributed by atoms with E-state index in [4.69, 9.17) is 5.41 Å². The zero-order chi connectivity index (χ0) is 19.1.